The molecule has 3 aromatic rings. The molecule has 0 saturated carbocycles. The van der Waals surface area contributed by atoms with Crippen molar-refractivity contribution in [3.05, 3.63) is 94.5 Å². The number of carbonyl (C=O) groups excluding carboxylic acids is 1. The first-order valence-corrected chi connectivity index (χ1v) is 9.46. The predicted octanol–water partition coefficient (Wildman–Crippen LogP) is 4.82. The van der Waals surface area contributed by atoms with Crippen LogP contribution in [0.1, 0.15) is 21.5 Å². The Morgan fingerprint density at radius 2 is 1.61 bits per heavy atom. The van der Waals surface area contributed by atoms with Crippen molar-refractivity contribution in [3.8, 4) is 5.75 Å². The number of halogens is 1. The molecule has 4 nitrogen and oxygen atoms in total. The number of benzene rings is 3. The van der Waals surface area contributed by atoms with Crippen LogP contribution < -0.4 is 10.5 Å². The fourth-order valence-corrected chi connectivity index (χ4v) is 3.11. The summed E-state index contributed by atoms with van der Waals surface area (Å²) in [5, 5.41) is 0.701. The van der Waals surface area contributed by atoms with Crippen molar-refractivity contribution in [3.63, 3.8) is 0 Å². The first kappa shape index (κ1) is 19.8. The fraction of sp³-hybridized carbons (Fsp3) is 0.174. The Balaban J connectivity index is 1.80. The van der Waals surface area contributed by atoms with E-state index in [0.717, 1.165) is 23.3 Å². The zero-order valence-corrected chi connectivity index (χ0v) is 16.5. The summed E-state index contributed by atoms with van der Waals surface area (Å²) in [4.78, 5) is 15.0. The van der Waals surface area contributed by atoms with Crippen LogP contribution in [0.15, 0.2) is 72.8 Å². The molecule has 0 fully saturated rings. The summed E-state index contributed by atoms with van der Waals surface area (Å²) in [6.07, 6.45) is 0.728. The lowest BCUT2D eigenvalue weighted by Gasteiger charge is -2.24. The number of nitrogens with zero attached hydrogens (tertiary/aromatic N) is 1. The zero-order chi connectivity index (χ0) is 19.9. The van der Waals surface area contributed by atoms with Crippen molar-refractivity contribution >= 4 is 23.2 Å². The number of hydrogen-bond acceptors (Lipinski definition) is 3. The van der Waals surface area contributed by atoms with Gasteiger partial charge in [-0.2, -0.15) is 0 Å². The minimum atomic E-state index is -0.0807. The Morgan fingerprint density at radius 1 is 0.964 bits per heavy atom. The Hall–Kier alpha value is -2.98. The number of anilines is 1. The second-order valence-corrected chi connectivity index (χ2v) is 6.97. The van der Waals surface area contributed by atoms with Crippen LogP contribution in [-0.4, -0.2) is 24.5 Å². The normalized spacial score (nSPS) is 10.5. The average molecular weight is 395 g/mol. The minimum Gasteiger partial charge on any atom is -0.497 e. The van der Waals surface area contributed by atoms with E-state index in [9.17, 15) is 4.79 Å². The van der Waals surface area contributed by atoms with Gasteiger partial charge in [0, 0.05) is 23.8 Å². The van der Waals surface area contributed by atoms with E-state index in [1.165, 1.54) is 0 Å². The third-order valence-electron chi connectivity index (χ3n) is 4.59. The molecule has 0 aliphatic heterocycles. The number of para-hydroxylation sites is 1. The molecule has 144 valence electrons. The van der Waals surface area contributed by atoms with Crippen LogP contribution in [0, 0.1) is 0 Å². The molecule has 0 spiro atoms. The molecule has 0 unspecified atom stereocenters. The summed E-state index contributed by atoms with van der Waals surface area (Å²) in [7, 11) is 1.63. The molecule has 0 atom stereocenters. The first-order chi connectivity index (χ1) is 13.6. The molecule has 1 amide bonds. The molecule has 0 aromatic heterocycles. The highest BCUT2D eigenvalue weighted by atomic mass is 35.5. The Kier molecular flexibility index (Phi) is 6.56. The van der Waals surface area contributed by atoms with E-state index in [2.05, 4.69) is 0 Å². The van der Waals surface area contributed by atoms with Crippen LogP contribution >= 0.6 is 11.6 Å². The van der Waals surface area contributed by atoms with Crippen molar-refractivity contribution in [1.29, 1.82) is 0 Å². The van der Waals surface area contributed by atoms with Crippen molar-refractivity contribution in [2.75, 3.05) is 19.4 Å². The van der Waals surface area contributed by atoms with Gasteiger partial charge in [0.15, 0.2) is 0 Å². The molecular formula is C23H23ClN2O2. The van der Waals surface area contributed by atoms with E-state index in [1.807, 2.05) is 65.6 Å². The van der Waals surface area contributed by atoms with Gasteiger partial charge in [0.25, 0.3) is 5.91 Å². The van der Waals surface area contributed by atoms with Crippen molar-refractivity contribution in [2.45, 2.75) is 13.0 Å². The lowest BCUT2D eigenvalue weighted by Crippen LogP contribution is -2.33. The van der Waals surface area contributed by atoms with E-state index in [0.29, 0.717) is 29.4 Å². The smallest absolute Gasteiger partial charge is 0.256 e. The Morgan fingerprint density at radius 3 is 2.25 bits per heavy atom. The van der Waals surface area contributed by atoms with Crippen molar-refractivity contribution in [1.82, 2.24) is 4.90 Å². The second-order valence-electron chi connectivity index (χ2n) is 6.54. The monoisotopic (exact) mass is 394 g/mol. The Labute approximate surface area is 170 Å². The van der Waals surface area contributed by atoms with E-state index in [-0.39, 0.29) is 5.91 Å². The van der Waals surface area contributed by atoms with Gasteiger partial charge < -0.3 is 15.4 Å². The first-order valence-electron chi connectivity index (χ1n) is 9.08. The van der Waals surface area contributed by atoms with Gasteiger partial charge in [-0.1, -0.05) is 48.0 Å². The summed E-state index contributed by atoms with van der Waals surface area (Å²) >= 11 is 5.97. The molecule has 0 heterocycles. The van der Waals surface area contributed by atoms with Crippen LogP contribution in [0.25, 0.3) is 0 Å². The second kappa shape index (κ2) is 9.29. The summed E-state index contributed by atoms with van der Waals surface area (Å²) in [5.41, 5.74) is 9.19. The van der Waals surface area contributed by atoms with E-state index < -0.39 is 0 Å². The molecule has 0 saturated heterocycles. The quantitative estimate of drug-likeness (QED) is 0.585. The molecule has 2 N–H and O–H groups in total. The zero-order valence-electron chi connectivity index (χ0n) is 15.8. The summed E-state index contributed by atoms with van der Waals surface area (Å²) in [6, 6.07) is 22.6. The number of ether oxygens (including phenoxy) is 1. The van der Waals surface area contributed by atoms with Gasteiger partial charge in [-0.15, -0.1) is 0 Å². The maximum atomic E-state index is 13.2. The lowest BCUT2D eigenvalue weighted by molar-refractivity contribution is 0.0746. The maximum absolute atomic E-state index is 13.2. The molecular weight excluding hydrogens is 372 g/mol. The summed E-state index contributed by atoms with van der Waals surface area (Å²) < 4.78 is 5.21. The van der Waals surface area contributed by atoms with Gasteiger partial charge in [0.1, 0.15) is 5.75 Å². The molecule has 5 heteroatoms. The van der Waals surface area contributed by atoms with Crippen LogP contribution in [0.3, 0.4) is 0 Å². The molecule has 0 aliphatic rings. The molecule has 28 heavy (non-hydrogen) atoms. The summed E-state index contributed by atoms with van der Waals surface area (Å²) in [5.74, 6) is 0.706. The summed E-state index contributed by atoms with van der Waals surface area (Å²) in [6.45, 7) is 1.06. The van der Waals surface area contributed by atoms with Gasteiger partial charge in [0.05, 0.1) is 12.7 Å². The van der Waals surface area contributed by atoms with Crippen LogP contribution in [0.4, 0.5) is 5.69 Å². The largest absolute Gasteiger partial charge is 0.497 e. The highest BCUT2D eigenvalue weighted by Gasteiger charge is 2.18. The number of hydrogen-bond donors (Lipinski definition) is 1. The molecule has 3 rings (SSSR count). The number of nitrogen functional groups attached to an aromatic ring is 1. The van der Waals surface area contributed by atoms with Crippen LogP contribution in [0.5, 0.6) is 5.75 Å². The van der Waals surface area contributed by atoms with E-state index in [4.69, 9.17) is 22.1 Å². The van der Waals surface area contributed by atoms with Crippen LogP contribution in [0.2, 0.25) is 5.02 Å². The number of carbonyl (C=O) groups is 1. The van der Waals surface area contributed by atoms with Crippen molar-refractivity contribution in [2.24, 2.45) is 0 Å². The number of rotatable bonds is 7. The van der Waals surface area contributed by atoms with Crippen LogP contribution in [-0.2, 0) is 13.0 Å². The lowest BCUT2D eigenvalue weighted by atomic mass is 10.1. The predicted molar refractivity (Wildman–Crippen MR) is 114 cm³/mol. The third-order valence-corrected chi connectivity index (χ3v) is 4.85. The van der Waals surface area contributed by atoms with E-state index >= 15 is 0 Å². The van der Waals surface area contributed by atoms with Gasteiger partial charge >= 0.3 is 0 Å². The molecule has 3 aromatic carbocycles. The van der Waals surface area contributed by atoms with Crippen molar-refractivity contribution < 1.29 is 9.53 Å². The fourth-order valence-electron chi connectivity index (χ4n) is 2.98. The average Bonchev–Trinajstić information content (AvgIpc) is 2.72. The molecule has 0 bridgehead atoms. The van der Waals surface area contributed by atoms with Gasteiger partial charge in [-0.25, -0.2) is 0 Å². The number of nitrogens with two attached hydrogens (primary N) is 1. The SMILES string of the molecule is COc1ccc(CN(CCc2ccc(Cl)cc2)C(=O)c2ccccc2N)cc1. The highest BCUT2D eigenvalue weighted by molar-refractivity contribution is 6.30. The maximum Gasteiger partial charge on any atom is 0.256 e. The third kappa shape index (κ3) is 5.05. The van der Waals surface area contributed by atoms with Gasteiger partial charge in [-0.05, 0) is 53.9 Å². The topological polar surface area (TPSA) is 55.6 Å². The number of amides is 1. The molecule has 0 aliphatic carbocycles. The van der Waals surface area contributed by atoms with Gasteiger partial charge in [-0.3, -0.25) is 4.79 Å². The minimum absolute atomic E-state index is 0.0807. The standard InChI is InChI=1S/C23H23ClN2O2/c1-28-20-12-8-18(9-13-20)16-26(15-14-17-6-10-19(24)11-7-17)23(27)21-4-2-3-5-22(21)25/h2-13H,14-16,25H2,1H3. The number of methoxy groups -OCH3 is 1. The Bertz CT molecular complexity index is 924. The highest BCUT2D eigenvalue weighted by Crippen LogP contribution is 2.19. The molecule has 0 radical (unpaired) electrons. The van der Waals surface area contributed by atoms with Gasteiger partial charge in [0.2, 0.25) is 0 Å². The van der Waals surface area contributed by atoms with E-state index in [1.54, 1.807) is 19.2 Å².